The van der Waals surface area contributed by atoms with E-state index in [0.29, 0.717) is 24.1 Å². The maximum Gasteiger partial charge on any atom is 0.270 e. The maximum atomic E-state index is 12.9. The van der Waals surface area contributed by atoms with Crippen LogP contribution in [0.5, 0.6) is 0 Å². The number of amides is 2. The predicted molar refractivity (Wildman–Crippen MR) is 94.7 cm³/mol. The first-order valence-corrected chi connectivity index (χ1v) is 8.80. The highest BCUT2D eigenvalue weighted by atomic mass is 16.2. The number of benzene rings is 1. The summed E-state index contributed by atoms with van der Waals surface area (Å²) >= 11 is 0. The molecule has 0 radical (unpaired) electrons. The number of carbonyl (C=O) groups excluding carboxylic acids is 2. The van der Waals surface area contributed by atoms with Crippen molar-refractivity contribution >= 4 is 23.2 Å². The molecule has 2 heterocycles. The zero-order chi connectivity index (χ0) is 17.6. The Bertz CT molecular complexity index is 719. The highest BCUT2D eigenvalue weighted by Gasteiger charge is 2.44. The fraction of sp³-hybridized carbons (Fsp3) is 0.500. The Morgan fingerprint density at radius 3 is 2.56 bits per heavy atom. The molecule has 132 valence electrons. The van der Waals surface area contributed by atoms with E-state index in [-0.39, 0.29) is 18.4 Å². The van der Waals surface area contributed by atoms with Gasteiger partial charge >= 0.3 is 0 Å². The van der Waals surface area contributed by atoms with Crippen molar-refractivity contribution < 1.29 is 9.59 Å². The Morgan fingerprint density at radius 2 is 1.88 bits per heavy atom. The molecule has 1 saturated carbocycles. The number of carbonyl (C=O) groups is 2. The second-order valence-electron chi connectivity index (χ2n) is 7.22. The Morgan fingerprint density at radius 1 is 1.12 bits per heavy atom. The molecule has 3 aliphatic rings. The summed E-state index contributed by atoms with van der Waals surface area (Å²) in [6, 6.07) is 8.90. The van der Waals surface area contributed by atoms with E-state index in [0.717, 1.165) is 25.1 Å². The molecule has 4 rings (SSSR count). The SMILES string of the molecule is NC(=O)C1CC(C(=O)N2CC3CCC(N)C3C2)=NN1c1ccccc1. The van der Waals surface area contributed by atoms with Crippen LogP contribution < -0.4 is 16.5 Å². The third-order valence-electron chi connectivity index (χ3n) is 5.71. The second-order valence-corrected chi connectivity index (χ2v) is 7.22. The van der Waals surface area contributed by atoms with Crippen molar-refractivity contribution in [3.05, 3.63) is 30.3 Å². The Labute approximate surface area is 146 Å². The van der Waals surface area contributed by atoms with Crippen LogP contribution in [0, 0.1) is 11.8 Å². The summed E-state index contributed by atoms with van der Waals surface area (Å²) in [4.78, 5) is 26.6. The van der Waals surface area contributed by atoms with Crippen LogP contribution in [0.3, 0.4) is 0 Å². The molecule has 1 saturated heterocycles. The van der Waals surface area contributed by atoms with Gasteiger partial charge in [0.25, 0.3) is 5.91 Å². The van der Waals surface area contributed by atoms with Crippen LogP contribution in [0.25, 0.3) is 0 Å². The summed E-state index contributed by atoms with van der Waals surface area (Å²) in [5.74, 6) is 0.322. The maximum absolute atomic E-state index is 12.9. The number of rotatable bonds is 3. The monoisotopic (exact) mass is 341 g/mol. The van der Waals surface area contributed by atoms with Crippen LogP contribution >= 0.6 is 0 Å². The first-order valence-electron chi connectivity index (χ1n) is 8.80. The van der Waals surface area contributed by atoms with Gasteiger partial charge in [-0.15, -0.1) is 0 Å². The van der Waals surface area contributed by atoms with Crippen LogP contribution in [0.15, 0.2) is 35.4 Å². The van der Waals surface area contributed by atoms with Gasteiger partial charge in [0.2, 0.25) is 5.91 Å². The number of nitrogens with two attached hydrogens (primary N) is 2. The number of likely N-dealkylation sites (tertiary alicyclic amines) is 1. The fourth-order valence-electron chi connectivity index (χ4n) is 4.34. The van der Waals surface area contributed by atoms with Gasteiger partial charge in [0.15, 0.2) is 0 Å². The molecule has 2 fully saturated rings. The van der Waals surface area contributed by atoms with Crippen molar-refractivity contribution in [1.29, 1.82) is 0 Å². The van der Waals surface area contributed by atoms with Crippen LogP contribution in [0.2, 0.25) is 0 Å². The molecule has 2 aliphatic heterocycles. The van der Waals surface area contributed by atoms with Crippen molar-refractivity contribution in [1.82, 2.24) is 4.90 Å². The molecule has 25 heavy (non-hydrogen) atoms. The lowest BCUT2D eigenvalue weighted by Crippen LogP contribution is -2.40. The van der Waals surface area contributed by atoms with Crippen LogP contribution in [-0.4, -0.2) is 47.6 Å². The van der Waals surface area contributed by atoms with Gasteiger partial charge in [-0.05, 0) is 36.8 Å². The Balaban J connectivity index is 1.54. The summed E-state index contributed by atoms with van der Waals surface area (Å²) in [6.45, 7) is 1.43. The zero-order valence-corrected chi connectivity index (χ0v) is 14.0. The average Bonchev–Trinajstić information content (AvgIpc) is 3.31. The molecular weight excluding hydrogens is 318 g/mol. The topological polar surface area (TPSA) is 105 Å². The lowest BCUT2D eigenvalue weighted by atomic mass is 9.98. The van der Waals surface area contributed by atoms with Gasteiger partial charge in [0.05, 0.1) is 5.69 Å². The highest BCUT2D eigenvalue weighted by Crippen LogP contribution is 2.37. The molecule has 0 aromatic heterocycles. The first-order chi connectivity index (χ1) is 12.0. The third kappa shape index (κ3) is 2.78. The largest absolute Gasteiger partial charge is 0.368 e. The van der Waals surface area contributed by atoms with Gasteiger partial charge in [-0.3, -0.25) is 14.6 Å². The van der Waals surface area contributed by atoms with Crippen LogP contribution in [0.4, 0.5) is 5.69 Å². The number of anilines is 1. The molecule has 4 unspecified atom stereocenters. The molecule has 0 spiro atoms. The van der Waals surface area contributed by atoms with Crippen molar-refractivity contribution in [3.63, 3.8) is 0 Å². The molecular formula is C18H23N5O2. The molecule has 1 aliphatic carbocycles. The molecule has 4 N–H and O–H groups in total. The summed E-state index contributed by atoms with van der Waals surface area (Å²) in [5.41, 5.74) is 12.9. The molecule has 7 nitrogen and oxygen atoms in total. The van der Waals surface area contributed by atoms with Crippen LogP contribution in [-0.2, 0) is 9.59 Å². The van der Waals surface area contributed by atoms with Crippen molar-refractivity contribution in [2.45, 2.75) is 31.3 Å². The van der Waals surface area contributed by atoms with Crippen molar-refractivity contribution in [2.75, 3.05) is 18.1 Å². The van der Waals surface area contributed by atoms with E-state index in [9.17, 15) is 9.59 Å². The number of hydrogen-bond acceptors (Lipinski definition) is 5. The lowest BCUT2D eigenvalue weighted by Gasteiger charge is -2.20. The van der Waals surface area contributed by atoms with E-state index in [1.165, 1.54) is 0 Å². The Hall–Kier alpha value is -2.41. The van der Waals surface area contributed by atoms with E-state index in [1.54, 1.807) is 5.01 Å². The molecule has 7 heteroatoms. The smallest absolute Gasteiger partial charge is 0.270 e. The number of nitrogens with zero attached hydrogens (tertiary/aromatic N) is 3. The second kappa shape index (κ2) is 6.15. The number of primary amides is 1. The predicted octanol–water partition coefficient (Wildman–Crippen LogP) is 0.302. The minimum Gasteiger partial charge on any atom is -0.368 e. The fourth-order valence-corrected chi connectivity index (χ4v) is 4.34. The number of fused-ring (bicyclic) bond motifs is 1. The normalized spacial score (nSPS) is 31.2. The molecule has 1 aromatic rings. The third-order valence-corrected chi connectivity index (χ3v) is 5.71. The molecule has 0 bridgehead atoms. The quantitative estimate of drug-likeness (QED) is 0.825. The standard InChI is InChI=1S/C18H23N5O2/c19-14-7-6-11-9-22(10-13(11)14)18(25)15-8-16(17(20)24)23(21-15)12-4-2-1-3-5-12/h1-5,11,13-14,16H,6-10,19H2,(H2,20,24). The zero-order valence-electron chi connectivity index (χ0n) is 14.0. The summed E-state index contributed by atoms with van der Waals surface area (Å²) < 4.78 is 0. The van der Waals surface area contributed by atoms with Crippen molar-refractivity contribution in [2.24, 2.45) is 28.4 Å². The molecule has 1 aromatic carbocycles. The first kappa shape index (κ1) is 16.1. The highest BCUT2D eigenvalue weighted by molar-refractivity contribution is 6.40. The van der Waals surface area contributed by atoms with E-state index in [2.05, 4.69) is 5.10 Å². The summed E-state index contributed by atoms with van der Waals surface area (Å²) in [5, 5.41) is 6.01. The number of para-hydroxylation sites is 1. The number of hydrazone groups is 1. The van der Waals surface area contributed by atoms with E-state index < -0.39 is 11.9 Å². The lowest BCUT2D eigenvalue weighted by molar-refractivity contribution is -0.123. The number of hydrogen-bond donors (Lipinski definition) is 2. The van der Waals surface area contributed by atoms with Gasteiger partial charge in [-0.25, -0.2) is 0 Å². The van der Waals surface area contributed by atoms with Gasteiger partial charge in [0.1, 0.15) is 11.8 Å². The van der Waals surface area contributed by atoms with Gasteiger partial charge in [-0.1, -0.05) is 18.2 Å². The van der Waals surface area contributed by atoms with E-state index >= 15 is 0 Å². The minimum atomic E-state index is -0.620. The molecule has 4 atom stereocenters. The van der Waals surface area contributed by atoms with Crippen molar-refractivity contribution in [3.8, 4) is 0 Å². The van der Waals surface area contributed by atoms with Gasteiger partial charge in [0, 0.05) is 25.6 Å². The Kier molecular flexibility index (Phi) is 3.95. The van der Waals surface area contributed by atoms with E-state index in [4.69, 9.17) is 11.5 Å². The minimum absolute atomic E-state index is 0.0914. The van der Waals surface area contributed by atoms with Crippen LogP contribution in [0.1, 0.15) is 19.3 Å². The summed E-state index contributed by atoms with van der Waals surface area (Å²) in [6.07, 6.45) is 2.38. The molecule has 2 amide bonds. The van der Waals surface area contributed by atoms with Gasteiger partial charge < -0.3 is 16.4 Å². The van der Waals surface area contributed by atoms with Gasteiger partial charge in [-0.2, -0.15) is 5.10 Å². The summed E-state index contributed by atoms with van der Waals surface area (Å²) in [7, 11) is 0. The average molecular weight is 341 g/mol. The van der Waals surface area contributed by atoms with E-state index in [1.807, 2.05) is 35.2 Å².